The maximum atomic E-state index is 12.1. The highest BCUT2D eigenvalue weighted by Gasteiger charge is 2.38. The van der Waals surface area contributed by atoms with Gasteiger partial charge in [0.25, 0.3) is 0 Å². The molecule has 2 aromatic carbocycles. The standard InChI is InChI=1S/C22H19N7O2/c1-29-17-13-16(18-25-27-28-26-18)20(31-2)23-19(17)24-21(29)22(30,14-9-5-3-6-10-14)15-11-7-4-8-12-15/h3-13,30H,1-2H3,(H,25,26,27,28). The zero-order valence-corrected chi connectivity index (χ0v) is 16.9. The molecule has 5 aromatic rings. The minimum Gasteiger partial charge on any atom is -0.480 e. The molecular formula is C22H19N7O2. The lowest BCUT2D eigenvalue weighted by atomic mass is 9.85. The summed E-state index contributed by atoms with van der Waals surface area (Å²) in [6, 6.07) is 20.8. The maximum Gasteiger partial charge on any atom is 0.226 e. The van der Waals surface area contributed by atoms with Crippen molar-refractivity contribution in [1.29, 1.82) is 0 Å². The molecule has 3 heterocycles. The first-order chi connectivity index (χ1) is 15.1. The highest BCUT2D eigenvalue weighted by atomic mass is 16.5. The largest absolute Gasteiger partial charge is 0.480 e. The fraction of sp³-hybridized carbons (Fsp3) is 0.136. The number of nitrogens with one attached hydrogen (secondary N) is 1. The summed E-state index contributed by atoms with van der Waals surface area (Å²) in [4.78, 5) is 9.28. The predicted octanol–water partition coefficient (Wildman–Crippen LogP) is 2.44. The number of aromatic amines is 1. The number of imidazole rings is 1. The molecule has 0 aliphatic carbocycles. The Balaban J connectivity index is 1.79. The van der Waals surface area contributed by atoms with Gasteiger partial charge in [-0.15, -0.1) is 5.10 Å². The molecular weight excluding hydrogens is 394 g/mol. The Hall–Kier alpha value is -4.11. The molecule has 0 amide bonds. The maximum absolute atomic E-state index is 12.1. The molecule has 154 valence electrons. The second-order valence-corrected chi connectivity index (χ2v) is 7.07. The number of benzene rings is 2. The Morgan fingerprint density at radius 2 is 1.61 bits per heavy atom. The van der Waals surface area contributed by atoms with E-state index in [4.69, 9.17) is 9.72 Å². The van der Waals surface area contributed by atoms with Crippen LogP contribution in [0.2, 0.25) is 0 Å². The van der Waals surface area contributed by atoms with Crippen molar-refractivity contribution in [2.24, 2.45) is 7.05 Å². The number of pyridine rings is 1. The van der Waals surface area contributed by atoms with Gasteiger partial charge in [0.1, 0.15) is 0 Å². The van der Waals surface area contributed by atoms with E-state index in [1.165, 1.54) is 7.11 Å². The lowest BCUT2D eigenvalue weighted by Crippen LogP contribution is -2.32. The van der Waals surface area contributed by atoms with Crippen LogP contribution in [0.25, 0.3) is 22.6 Å². The molecule has 0 spiro atoms. The summed E-state index contributed by atoms with van der Waals surface area (Å²) in [6.07, 6.45) is 0. The van der Waals surface area contributed by atoms with Crippen molar-refractivity contribution in [3.05, 3.63) is 83.7 Å². The van der Waals surface area contributed by atoms with Gasteiger partial charge >= 0.3 is 0 Å². The van der Waals surface area contributed by atoms with E-state index in [0.717, 1.165) is 0 Å². The van der Waals surface area contributed by atoms with E-state index in [1.54, 1.807) is 0 Å². The number of fused-ring (bicyclic) bond motifs is 1. The highest BCUT2D eigenvalue weighted by molar-refractivity contribution is 5.80. The number of ether oxygens (including phenoxy) is 1. The van der Waals surface area contributed by atoms with Gasteiger partial charge in [-0.1, -0.05) is 60.7 Å². The van der Waals surface area contributed by atoms with Gasteiger partial charge in [0, 0.05) is 7.05 Å². The molecule has 9 heteroatoms. The molecule has 0 fully saturated rings. The average molecular weight is 413 g/mol. The number of methoxy groups -OCH3 is 1. The third kappa shape index (κ3) is 2.94. The van der Waals surface area contributed by atoms with Crippen LogP contribution in [0.5, 0.6) is 5.88 Å². The van der Waals surface area contributed by atoms with Crippen LogP contribution in [0.1, 0.15) is 17.0 Å². The van der Waals surface area contributed by atoms with Crippen molar-refractivity contribution in [3.8, 4) is 17.3 Å². The summed E-state index contributed by atoms with van der Waals surface area (Å²) in [5, 5.41) is 26.1. The van der Waals surface area contributed by atoms with Crippen LogP contribution in [0.3, 0.4) is 0 Å². The van der Waals surface area contributed by atoms with E-state index >= 15 is 0 Å². The number of nitrogens with zero attached hydrogens (tertiary/aromatic N) is 6. The SMILES string of the molecule is COc1nc2nc(C(O)(c3ccccc3)c3ccccc3)n(C)c2cc1-c1nnn[nH]1. The van der Waals surface area contributed by atoms with Crippen molar-refractivity contribution < 1.29 is 9.84 Å². The molecule has 3 aromatic heterocycles. The van der Waals surface area contributed by atoms with E-state index in [2.05, 4.69) is 25.6 Å². The van der Waals surface area contributed by atoms with E-state index in [9.17, 15) is 5.11 Å². The fourth-order valence-electron chi connectivity index (χ4n) is 3.80. The normalized spacial score (nSPS) is 11.7. The van der Waals surface area contributed by atoms with E-state index < -0.39 is 5.60 Å². The number of aliphatic hydroxyl groups is 1. The van der Waals surface area contributed by atoms with E-state index in [1.807, 2.05) is 78.3 Å². The molecule has 2 N–H and O–H groups in total. The number of aromatic nitrogens is 7. The Labute approximate surface area is 177 Å². The van der Waals surface area contributed by atoms with Crippen molar-refractivity contribution in [2.75, 3.05) is 7.11 Å². The van der Waals surface area contributed by atoms with Crippen molar-refractivity contribution in [3.63, 3.8) is 0 Å². The predicted molar refractivity (Wildman–Crippen MR) is 113 cm³/mol. The van der Waals surface area contributed by atoms with Crippen LogP contribution in [0.15, 0.2) is 66.7 Å². The fourth-order valence-corrected chi connectivity index (χ4v) is 3.80. The van der Waals surface area contributed by atoms with Crippen molar-refractivity contribution in [2.45, 2.75) is 5.60 Å². The van der Waals surface area contributed by atoms with Gasteiger partial charge in [-0.25, -0.2) is 10.1 Å². The highest BCUT2D eigenvalue weighted by Crippen LogP contribution is 2.38. The van der Waals surface area contributed by atoms with E-state index in [-0.39, 0.29) is 0 Å². The number of tetrazole rings is 1. The summed E-state index contributed by atoms with van der Waals surface area (Å²) < 4.78 is 7.27. The zero-order chi connectivity index (χ0) is 21.4. The Morgan fingerprint density at radius 3 is 2.16 bits per heavy atom. The van der Waals surface area contributed by atoms with Crippen LogP contribution in [-0.4, -0.2) is 47.4 Å². The van der Waals surface area contributed by atoms with Crippen LogP contribution in [0, 0.1) is 0 Å². The van der Waals surface area contributed by atoms with Gasteiger partial charge in [0.15, 0.2) is 22.9 Å². The Bertz CT molecular complexity index is 1290. The molecule has 5 rings (SSSR count). The van der Waals surface area contributed by atoms with Crippen molar-refractivity contribution in [1.82, 2.24) is 35.2 Å². The van der Waals surface area contributed by atoms with Gasteiger partial charge in [-0.2, -0.15) is 4.98 Å². The number of hydrogen-bond donors (Lipinski definition) is 2. The number of rotatable bonds is 5. The average Bonchev–Trinajstić information content (AvgIpc) is 3.47. The van der Waals surface area contributed by atoms with Crippen LogP contribution >= 0.6 is 0 Å². The van der Waals surface area contributed by atoms with Crippen molar-refractivity contribution >= 4 is 11.2 Å². The molecule has 0 aliphatic rings. The van der Waals surface area contributed by atoms with E-state index in [0.29, 0.717) is 45.4 Å². The van der Waals surface area contributed by atoms with Gasteiger partial charge in [0.05, 0.1) is 18.2 Å². The van der Waals surface area contributed by atoms with Gasteiger partial charge in [-0.3, -0.25) is 0 Å². The second kappa shape index (κ2) is 7.29. The number of H-pyrrole nitrogens is 1. The molecule has 0 saturated heterocycles. The van der Waals surface area contributed by atoms with Crippen LogP contribution in [-0.2, 0) is 12.6 Å². The summed E-state index contributed by atoms with van der Waals surface area (Å²) in [5.41, 5.74) is 1.65. The molecule has 0 saturated carbocycles. The molecule has 0 bridgehead atoms. The monoisotopic (exact) mass is 413 g/mol. The number of hydrogen-bond acceptors (Lipinski definition) is 7. The minimum atomic E-state index is -1.49. The van der Waals surface area contributed by atoms with Gasteiger partial charge in [-0.05, 0) is 27.6 Å². The second-order valence-electron chi connectivity index (χ2n) is 7.07. The first-order valence-corrected chi connectivity index (χ1v) is 9.62. The smallest absolute Gasteiger partial charge is 0.226 e. The molecule has 0 atom stereocenters. The lowest BCUT2D eigenvalue weighted by Gasteiger charge is -2.28. The topological polar surface area (TPSA) is 115 Å². The molecule has 0 unspecified atom stereocenters. The van der Waals surface area contributed by atoms with Crippen LogP contribution < -0.4 is 4.74 Å². The first kappa shape index (κ1) is 18.9. The van der Waals surface area contributed by atoms with Gasteiger partial charge in [0.2, 0.25) is 5.88 Å². The molecule has 9 nitrogen and oxygen atoms in total. The minimum absolute atomic E-state index is 0.332. The molecule has 0 aliphatic heterocycles. The summed E-state index contributed by atoms with van der Waals surface area (Å²) in [6.45, 7) is 0. The number of aryl methyl sites for hydroxylation is 1. The summed E-state index contributed by atoms with van der Waals surface area (Å²) >= 11 is 0. The molecule has 0 radical (unpaired) electrons. The van der Waals surface area contributed by atoms with Gasteiger partial charge < -0.3 is 14.4 Å². The zero-order valence-electron chi connectivity index (χ0n) is 16.9. The Kier molecular flexibility index (Phi) is 4.45. The third-order valence-electron chi connectivity index (χ3n) is 5.34. The first-order valence-electron chi connectivity index (χ1n) is 9.62. The summed E-state index contributed by atoms with van der Waals surface area (Å²) in [7, 11) is 3.37. The summed E-state index contributed by atoms with van der Waals surface area (Å²) in [5.74, 6) is 1.19. The Morgan fingerprint density at radius 1 is 0.968 bits per heavy atom. The third-order valence-corrected chi connectivity index (χ3v) is 5.34. The quantitative estimate of drug-likeness (QED) is 0.455. The van der Waals surface area contributed by atoms with Crippen LogP contribution in [0.4, 0.5) is 0 Å². The lowest BCUT2D eigenvalue weighted by molar-refractivity contribution is 0.113. The molecule has 31 heavy (non-hydrogen) atoms.